The van der Waals surface area contributed by atoms with Crippen LogP contribution in [-0.2, 0) is 11.2 Å². The molecular weight excluding hydrogens is 284 g/mol. The summed E-state index contributed by atoms with van der Waals surface area (Å²) in [4.78, 5) is 28.4. The van der Waals surface area contributed by atoms with Gasteiger partial charge in [-0.2, -0.15) is 0 Å². The highest BCUT2D eigenvalue weighted by molar-refractivity contribution is 6.33. The van der Waals surface area contributed by atoms with Crippen molar-refractivity contribution in [3.63, 3.8) is 0 Å². The summed E-state index contributed by atoms with van der Waals surface area (Å²) in [6, 6.07) is 2.96. The summed E-state index contributed by atoms with van der Waals surface area (Å²) in [7, 11) is 0. The smallest absolute Gasteiger partial charge is 0.354 e. The number of carboxylic acid groups (broad SMARTS) is 1. The molecule has 0 amide bonds. The second kappa shape index (κ2) is 7.15. The van der Waals surface area contributed by atoms with E-state index in [9.17, 15) is 9.70 Å². The third kappa shape index (κ3) is 3.99. The van der Waals surface area contributed by atoms with E-state index >= 15 is 0 Å². The van der Waals surface area contributed by atoms with Crippen molar-refractivity contribution in [2.45, 2.75) is 6.42 Å². The van der Waals surface area contributed by atoms with Crippen molar-refractivity contribution >= 4 is 42.0 Å². The van der Waals surface area contributed by atoms with Crippen LogP contribution in [0.25, 0.3) is 0 Å². The summed E-state index contributed by atoms with van der Waals surface area (Å²) in [5, 5.41) is 11.9. The molecule has 0 atom stereocenters. The van der Waals surface area contributed by atoms with Gasteiger partial charge in [-0.3, -0.25) is 4.99 Å². The number of nitrogen functional groups attached to an aromatic ring is 1. The number of nitrogens with two attached hydrogens (primary N) is 1. The van der Waals surface area contributed by atoms with Gasteiger partial charge in [-0.25, -0.2) is 9.79 Å². The first-order chi connectivity index (χ1) is 9.49. The van der Waals surface area contributed by atoms with Crippen LogP contribution in [0.2, 0.25) is 5.02 Å². The van der Waals surface area contributed by atoms with Gasteiger partial charge in [0.05, 0.1) is 10.7 Å². The number of carbonyl (C=O) groups is 1. The number of rotatable bonds is 6. The molecule has 3 N–H and O–H groups in total. The third-order valence-electron chi connectivity index (χ3n) is 2.29. The number of halogens is 1. The van der Waals surface area contributed by atoms with E-state index in [0.717, 1.165) is 6.34 Å². The van der Waals surface area contributed by atoms with Crippen LogP contribution in [-0.4, -0.2) is 24.1 Å². The second-order valence-corrected chi connectivity index (χ2v) is 4.03. The van der Waals surface area contributed by atoms with Gasteiger partial charge in [0.25, 0.3) is 0 Å². The SMILES string of the molecule is C=NC=N/C(=C\Cc1cc(Cl)c(N)c(N=O)c1)C(=O)O. The van der Waals surface area contributed by atoms with Crippen LogP contribution in [0.5, 0.6) is 0 Å². The van der Waals surface area contributed by atoms with E-state index in [1.165, 1.54) is 18.2 Å². The Labute approximate surface area is 119 Å². The quantitative estimate of drug-likeness (QED) is 0.275. The van der Waals surface area contributed by atoms with Gasteiger partial charge in [-0.15, -0.1) is 4.91 Å². The van der Waals surface area contributed by atoms with Crippen LogP contribution in [0, 0.1) is 4.91 Å². The van der Waals surface area contributed by atoms with Crippen LogP contribution in [0.1, 0.15) is 5.56 Å². The van der Waals surface area contributed by atoms with Crippen LogP contribution >= 0.6 is 11.6 Å². The number of nitrogens with zero attached hydrogens (tertiary/aromatic N) is 3. The average Bonchev–Trinajstić information content (AvgIpc) is 2.42. The zero-order valence-electron chi connectivity index (χ0n) is 10.3. The van der Waals surface area contributed by atoms with E-state index in [4.69, 9.17) is 22.4 Å². The highest BCUT2D eigenvalue weighted by Crippen LogP contribution is 2.31. The topological polar surface area (TPSA) is 117 Å². The molecule has 1 aromatic carbocycles. The van der Waals surface area contributed by atoms with Crippen molar-refractivity contribution in [3.8, 4) is 0 Å². The van der Waals surface area contributed by atoms with Crippen molar-refractivity contribution in [2.24, 2.45) is 15.2 Å². The predicted molar refractivity (Wildman–Crippen MR) is 78.8 cm³/mol. The van der Waals surface area contributed by atoms with Crippen molar-refractivity contribution in [1.29, 1.82) is 0 Å². The molecule has 0 unspecified atom stereocenters. The van der Waals surface area contributed by atoms with E-state index in [2.05, 4.69) is 21.9 Å². The summed E-state index contributed by atoms with van der Waals surface area (Å²) in [6.45, 7) is 3.16. The standard InChI is InChI=1S/C12H11ClN4O3/c1-15-6-16-9(12(18)19)3-2-7-4-8(13)11(14)10(5-7)17-20/h3-6H,1-2,14H2,(H,18,19)/b9-3-,16-6?. The van der Waals surface area contributed by atoms with Crippen LogP contribution < -0.4 is 5.73 Å². The van der Waals surface area contributed by atoms with Gasteiger partial charge in [-0.05, 0) is 42.1 Å². The minimum Gasteiger partial charge on any atom is -0.477 e. The molecule has 0 fully saturated rings. The van der Waals surface area contributed by atoms with Crippen LogP contribution in [0.3, 0.4) is 0 Å². The lowest BCUT2D eigenvalue weighted by Gasteiger charge is -2.04. The number of anilines is 1. The molecule has 1 rings (SSSR count). The van der Waals surface area contributed by atoms with E-state index in [0.29, 0.717) is 5.56 Å². The lowest BCUT2D eigenvalue weighted by atomic mass is 10.1. The number of allylic oxidation sites excluding steroid dienone is 1. The van der Waals surface area contributed by atoms with Gasteiger partial charge >= 0.3 is 5.97 Å². The maximum absolute atomic E-state index is 10.9. The highest BCUT2D eigenvalue weighted by atomic mass is 35.5. The molecule has 0 saturated heterocycles. The van der Waals surface area contributed by atoms with Gasteiger partial charge in [0.1, 0.15) is 17.7 Å². The van der Waals surface area contributed by atoms with Gasteiger partial charge in [-0.1, -0.05) is 11.6 Å². The number of aliphatic imine (C=N–C) groups is 2. The summed E-state index contributed by atoms with van der Waals surface area (Å²) >= 11 is 5.85. The normalized spacial score (nSPS) is 11.6. The summed E-state index contributed by atoms with van der Waals surface area (Å²) in [5.74, 6) is -1.21. The molecule has 0 aromatic heterocycles. The van der Waals surface area contributed by atoms with Crippen molar-refractivity contribution in [3.05, 3.63) is 39.4 Å². The van der Waals surface area contributed by atoms with Gasteiger partial charge < -0.3 is 10.8 Å². The molecular formula is C12H11ClN4O3. The van der Waals surface area contributed by atoms with Crippen molar-refractivity contribution in [1.82, 2.24) is 0 Å². The fourth-order valence-electron chi connectivity index (χ4n) is 1.36. The monoisotopic (exact) mass is 294 g/mol. The molecule has 0 aliphatic carbocycles. The number of hydrogen-bond donors (Lipinski definition) is 2. The Morgan fingerprint density at radius 2 is 2.20 bits per heavy atom. The zero-order chi connectivity index (χ0) is 15.1. The maximum Gasteiger partial charge on any atom is 0.354 e. The Hall–Kier alpha value is -2.54. The summed E-state index contributed by atoms with van der Waals surface area (Å²) in [6.07, 6.45) is 2.56. The van der Waals surface area contributed by atoms with E-state index in [1.807, 2.05) is 0 Å². The Morgan fingerprint density at radius 3 is 2.75 bits per heavy atom. The fourth-order valence-corrected chi connectivity index (χ4v) is 1.60. The van der Waals surface area contributed by atoms with E-state index < -0.39 is 5.97 Å². The first kappa shape index (κ1) is 15.5. The molecule has 104 valence electrons. The van der Waals surface area contributed by atoms with Crippen LogP contribution in [0.15, 0.2) is 39.1 Å². The van der Waals surface area contributed by atoms with Crippen molar-refractivity contribution in [2.75, 3.05) is 5.73 Å². The molecule has 0 bridgehead atoms. The average molecular weight is 295 g/mol. The molecule has 1 aromatic rings. The Kier molecular flexibility index (Phi) is 5.55. The minimum absolute atomic E-state index is 0.00837. The number of aliphatic carboxylic acids is 1. The molecule has 8 heteroatoms. The number of hydrogen-bond acceptors (Lipinski definition) is 5. The molecule has 20 heavy (non-hydrogen) atoms. The van der Waals surface area contributed by atoms with E-state index in [-0.39, 0.29) is 28.5 Å². The first-order valence-electron chi connectivity index (χ1n) is 5.32. The van der Waals surface area contributed by atoms with Crippen LogP contribution in [0.4, 0.5) is 11.4 Å². The summed E-state index contributed by atoms with van der Waals surface area (Å²) < 4.78 is 0. The summed E-state index contributed by atoms with van der Waals surface area (Å²) in [5.41, 5.74) is 6.03. The molecule has 0 radical (unpaired) electrons. The molecule has 0 aliphatic rings. The lowest BCUT2D eigenvalue weighted by Crippen LogP contribution is -1.99. The lowest BCUT2D eigenvalue weighted by molar-refractivity contribution is -0.132. The highest BCUT2D eigenvalue weighted by Gasteiger charge is 2.08. The zero-order valence-corrected chi connectivity index (χ0v) is 11.0. The Bertz CT molecular complexity index is 611. The first-order valence-corrected chi connectivity index (χ1v) is 5.70. The largest absolute Gasteiger partial charge is 0.477 e. The van der Waals surface area contributed by atoms with Gasteiger partial charge in [0, 0.05) is 0 Å². The predicted octanol–water partition coefficient (Wildman–Crippen LogP) is 2.56. The second-order valence-electron chi connectivity index (χ2n) is 3.63. The molecule has 0 spiro atoms. The van der Waals surface area contributed by atoms with E-state index in [1.54, 1.807) is 0 Å². The molecule has 0 saturated carbocycles. The van der Waals surface area contributed by atoms with Gasteiger partial charge in [0.2, 0.25) is 0 Å². The fraction of sp³-hybridized carbons (Fsp3) is 0.0833. The number of carboxylic acids is 1. The van der Waals surface area contributed by atoms with Crippen molar-refractivity contribution < 1.29 is 9.90 Å². The molecule has 0 heterocycles. The maximum atomic E-state index is 10.9. The molecule has 7 nitrogen and oxygen atoms in total. The third-order valence-corrected chi connectivity index (χ3v) is 2.61. The number of nitroso groups, excluding NO2 is 1. The number of benzene rings is 1. The Balaban J connectivity index is 3.06. The minimum atomic E-state index is -1.21. The molecule has 0 aliphatic heterocycles. The Morgan fingerprint density at radius 1 is 1.50 bits per heavy atom. The van der Waals surface area contributed by atoms with Gasteiger partial charge in [0.15, 0.2) is 0 Å².